The van der Waals surface area contributed by atoms with Gasteiger partial charge in [-0.15, -0.1) is 5.11 Å². The van der Waals surface area contributed by atoms with Crippen molar-refractivity contribution in [3.05, 3.63) is 60.2 Å². The molecule has 0 aliphatic carbocycles. The second kappa shape index (κ2) is 6.83. The summed E-state index contributed by atoms with van der Waals surface area (Å²) < 4.78 is 5.65. The molecule has 0 aromatic heterocycles. The van der Waals surface area contributed by atoms with Gasteiger partial charge >= 0.3 is 0 Å². The molecular formula is C16H14N2OS2. The molecular weight excluding hydrogens is 300 g/mol. The highest BCUT2D eigenvalue weighted by molar-refractivity contribution is 8.06. The minimum absolute atomic E-state index is 0.491. The van der Waals surface area contributed by atoms with Gasteiger partial charge in [0.2, 0.25) is 0 Å². The van der Waals surface area contributed by atoms with E-state index in [4.69, 9.17) is 17.0 Å². The average Bonchev–Trinajstić information content (AvgIpc) is 3.36. The van der Waals surface area contributed by atoms with Crippen molar-refractivity contribution in [1.29, 1.82) is 0 Å². The van der Waals surface area contributed by atoms with Crippen LogP contribution >= 0.6 is 24.0 Å². The molecule has 0 radical (unpaired) electrons. The molecule has 0 unspecified atom stereocenters. The molecule has 1 aliphatic heterocycles. The Morgan fingerprint density at radius 1 is 1.10 bits per heavy atom. The lowest BCUT2D eigenvalue weighted by molar-refractivity contribution is 0.327. The first-order valence-electron chi connectivity index (χ1n) is 6.67. The molecule has 21 heavy (non-hydrogen) atoms. The molecule has 2 aromatic rings. The molecule has 3 nitrogen and oxygen atoms in total. The molecule has 3 rings (SSSR count). The van der Waals surface area contributed by atoms with E-state index in [1.54, 1.807) is 0 Å². The van der Waals surface area contributed by atoms with Crippen LogP contribution in [0.25, 0.3) is 0 Å². The first-order valence-corrected chi connectivity index (χ1v) is 8.13. The Hall–Kier alpha value is -1.72. The average molecular weight is 314 g/mol. The van der Waals surface area contributed by atoms with Crippen molar-refractivity contribution < 1.29 is 4.74 Å². The third-order valence-corrected chi connectivity index (χ3v) is 4.23. The van der Waals surface area contributed by atoms with Crippen LogP contribution in [0.15, 0.2) is 64.8 Å². The standard InChI is InChI=1S/C16H14N2OS2/c20-16(19-10-13-11-21-13)14-8-4-5-9-15(14)18-17-12-6-2-1-3-7-12/h1-9,13H,10-11H2/t13-/m0/s1. The molecule has 0 saturated carbocycles. The van der Waals surface area contributed by atoms with E-state index in [1.807, 2.05) is 66.4 Å². The number of rotatable bonds is 5. The number of ether oxygens (including phenoxy) is 1. The zero-order valence-electron chi connectivity index (χ0n) is 11.3. The van der Waals surface area contributed by atoms with Crippen LogP contribution < -0.4 is 0 Å². The van der Waals surface area contributed by atoms with E-state index in [0.29, 0.717) is 16.9 Å². The van der Waals surface area contributed by atoms with Crippen LogP contribution in [0.3, 0.4) is 0 Å². The minimum atomic E-state index is 0.491. The number of hydrogen-bond acceptors (Lipinski definition) is 5. The highest BCUT2D eigenvalue weighted by Crippen LogP contribution is 2.31. The lowest BCUT2D eigenvalue weighted by Gasteiger charge is -2.08. The summed E-state index contributed by atoms with van der Waals surface area (Å²) in [6.45, 7) is 0.674. The molecule has 106 valence electrons. The Bertz CT molecular complexity index is 654. The van der Waals surface area contributed by atoms with E-state index in [-0.39, 0.29) is 0 Å². The van der Waals surface area contributed by atoms with Gasteiger partial charge in [-0.25, -0.2) is 0 Å². The van der Waals surface area contributed by atoms with Crippen molar-refractivity contribution >= 4 is 40.4 Å². The monoisotopic (exact) mass is 314 g/mol. The van der Waals surface area contributed by atoms with Gasteiger partial charge in [-0.3, -0.25) is 0 Å². The summed E-state index contributed by atoms with van der Waals surface area (Å²) >= 11 is 7.24. The predicted octanol–water partition coefficient (Wildman–Crippen LogP) is 4.91. The normalized spacial score (nSPS) is 16.9. The van der Waals surface area contributed by atoms with Crippen LogP contribution in [0.5, 0.6) is 0 Å². The van der Waals surface area contributed by atoms with Crippen molar-refractivity contribution in [3.8, 4) is 0 Å². The highest BCUT2D eigenvalue weighted by atomic mass is 32.2. The van der Waals surface area contributed by atoms with Gasteiger partial charge < -0.3 is 4.74 Å². The smallest absolute Gasteiger partial charge is 0.193 e. The zero-order chi connectivity index (χ0) is 14.5. The Morgan fingerprint density at radius 2 is 1.81 bits per heavy atom. The number of benzene rings is 2. The summed E-state index contributed by atoms with van der Waals surface area (Å²) in [5.41, 5.74) is 2.36. The lowest BCUT2D eigenvalue weighted by Crippen LogP contribution is -2.08. The maximum atomic E-state index is 5.65. The maximum absolute atomic E-state index is 5.65. The largest absolute Gasteiger partial charge is 0.482 e. The summed E-state index contributed by atoms with van der Waals surface area (Å²) in [7, 11) is 0. The lowest BCUT2D eigenvalue weighted by atomic mass is 10.2. The summed E-state index contributed by atoms with van der Waals surface area (Å²) in [6.07, 6.45) is 0. The molecule has 1 saturated heterocycles. The molecule has 1 heterocycles. The van der Waals surface area contributed by atoms with E-state index in [1.165, 1.54) is 0 Å². The number of thioether (sulfide) groups is 1. The van der Waals surface area contributed by atoms with Gasteiger partial charge in [0.05, 0.1) is 16.9 Å². The summed E-state index contributed by atoms with van der Waals surface area (Å²) in [5.74, 6) is 1.16. The molecule has 2 aromatic carbocycles. The molecule has 0 amide bonds. The van der Waals surface area contributed by atoms with Gasteiger partial charge in [-0.2, -0.15) is 16.9 Å². The Labute approximate surface area is 133 Å². The molecule has 1 fully saturated rings. The van der Waals surface area contributed by atoms with E-state index in [0.717, 1.165) is 22.7 Å². The summed E-state index contributed by atoms with van der Waals surface area (Å²) in [4.78, 5) is 0. The van der Waals surface area contributed by atoms with E-state index < -0.39 is 0 Å². The fraction of sp³-hybridized carbons (Fsp3) is 0.188. The molecule has 1 atom stereocenters. The minimum Gasteiger partial charge on any atom is -0.482 e. The van der Waals surface area contributed by atoms with Crippen molar-refractivity contribution in [2.45, 2.75) is 5.25 Å². The first kappa shape index (κ1) is 14.2. The van der Waals surface area contributed by atoms with Gasteiger partial charge in [-0.05, 0) is 36.5 Å². The highest BCUT2D eigenvalue weighted by Gasteiger charge is 2.23. The van der Waals surface area contributed by atoms with Crippen LogP contribution in [0.4, 0.5) is 11.4 Å². The van der Waals surface area contributed by atoms with Gasteiger partial charge in [0.1, 0.15) is 6.61 Å². The topological polar surface area (TPSA) is 34.0 Å². The molecule has 0 bridgehead atoms. The second-order valence-corrected chi connectivity index (χ2v) is 6.31. The Morgan fingerprint density at radius 3 is 2.57 bits per heavy atom. The SMILES string of the molecule is S=C(OC[C@H]1CS1)c1ccccc1N=Nc1ccccc1. The van der Waals surface area contributed by atoms with Crippen molar-refractivity contribution in [2.75, 3.05) is 12.4 Å². The predicted molar refractivity (Wildman–Crippen MR) is 91.0 cm³/mol. The fourth-order valence-corrected chi connectivity index (χ4v) is 2.39. The third-order valence-electron chi connectivity index (χ3n) is 2.96. The molecule has 0 N–H and O–H groups in total. The third kappa shape index (κ3) is 4.12. The van der Waals surface area contributed by atoms with E-state index in [2.05, 4.69) is 10.2 Å². The van der Waals surface area contributed by atoms with Gasteiger partial charge in [0.25, 0.3) is 0 Å². The number of azo groups is 1. The summed E-state index contributed by atoms with van der Waals surface area (Å²) in [5, 5.41) is 9.61. The number of nitrogens with zero attached hydrogens (tertiary/aromatic N) is 2. The van der Waals surface area contributed by atoms with Crippen molar-refractivity contribution in [1.82, 2.24) is 0 Å². The van der Waals surface area contributed by atoms with Crippen LogP contribution in [0.1, 0.15) is 5.56 Å². The second-order valence-electron chi connectivity index (χ2n) is 4.61. The number of hydrogen-bond donors (Lipinski definition) is 0. The fourth-order valence-electron chi connectivity index (χ4n) is 1.75. The Balaban J connectivity index is 1.75. The van der Waals surface area contributed by atoms with Crippen LogP contribution in [0.2, 0.25) is 0 Å². The quantitative estimate of drug-likeness (QED) is 0.447. The van der Waals surface area contributed by atoms with Crippen LogP contribution in [0, 0.1) is 0 Å². The number of thiocarbonyl (C=S) groups is 1. The van der Waals surface area contributed by atoms with Gasteiger partial charge in [0, 0.05) is 11.0 Å². The molecule has 1 aliphatic rings. The van der Waals surface area contributed by atoms with Gasteiger partial charge in [-0.1, -0.05) is 30.3 Å². The zero-order valence-corrected chi connectivity index (χ0v) is 12.9. The van der Waals surface area contributed by atoms with E-state index in [9.17, 15) is 0 Å². The molecule has 0 spiro atoms. The first-order chi connectivity index (χ1) is 10.3. The van der Waals surface area contributed by atoms with Crippen LogP contribution in [-0.2, 0) is 4.74 Å². The maximum Gasteiger partial charge on any atom is 0.193 e. The summed E-state index contributed by atoms with van der Waals surface area (Å²) in [6, 6.07) is 17.3. The van der Waals surface area contributed by atoms with Crippen molar-refractivity contribution in [2.24, 2.45) is 10.2 Å². The molecule has 5 heteroatoms. The van der Waals surface area contributed by atoms with Crippen LogP contribution in [-0.4, -0.2) is 22.7 Å². The van der Waals surface area contributed by atoms with E-state index >= 15 is 0 Å². The van der Waals surface area contributed by atoms with Crippen molar-refractivity contribution in [3.63, 3.8) is 0 Å². The Kier molecular flexibility index (Phi) is 4.62. The van der Waals surface area contributed by atoms with Gasteiger partial charge in [0.15, 0.2) is 5.05 Å².